The number of benzene rings is 1. The third-order valence-corrected chi connectivity index (χ3v) is 5.36. The van der Waals surface area contributed by atoms with Gasteiger partial charge >= 0.3 is 0 Å². The Labute approximate surface area is 128 Å². The minimum atomic E-state index is 0.627. The lowest BCUT2D eigenvalue weighted by atomic mass is 9.83. The smallest absolute Gasteiger partial charge is 0.122 e. The molecule has 2 heterocycles. The van der Waals surface area contributed by atoms with E-state index >= 15 is 0 Å². The second kappa shape index (κ2) is 6.80. The van der Waals surface area contributed by atoms with Gasteiger partial charge < -0.3 is 15.4 Å². The zero-order chi connectivity index (χ0) is 14.7. The zero-order valence-corrected chi connectivity index (χ0v) is 13.1. The molecule has 0 radical (unpaired) electrons. The van der Waals surface area contributed by atoms with Crippen molar-refractivity contribution < 1.29 is 4.74 Å². The Morgan fingerprint density at radius 2 is 2.10 bits per heavy atom. The number of para-hydroxylation sites is 1. The highest BCUT2D eigenvalue weighted by atomic mass is 16.5. The number of likely N-dealkylation sites (tertiary alicyclic amines) is 1. The zero-order valence-electron chi connectivity index (χ0n) is 13.1. The molecular formula is C18H28N2O. The van der Waals surface area contributed by atoms with Crippen molar-refractivity contribution in [1.82, 2.24) is 4.90 Å². The Balaban J connectivity index is 1.65. The van der Waals surface area contributed by atoms with E-state index < -0.39 is 0 Å². The van der Waals surface area contributed by atoms with Gasteiger partial charge in [-0.05, 0) is 49.4 Å². The molecule has 1 aromatic rings. The molecule has 1 aromatic carbocycles. The van der Waals surface area contributed by atoms with Crippen LogP contribution in [0.2, 0.25) is 0 Å². The molecule has 116 valence electrons. The van der Waals surface area contributed by atoms with Gasteiger partial charge in [0.15, 0.2) is 0 Å². The lowest BCUT2D eigenvalue weighted by Gasteiger charge is -2.40. The number of hydrogen-bond acceptors (Lipinski definition) is 3. The summed E-state index contributed by atoms with van der Waals surface area (Å²) in [6.45, 7) is 7.62. The van der Waals surface area contributed by atoms with Crippen molar-refractivity contribution in [3.05, 3.63) is 29.8 Å². The third kappa shape index (κ3) is 3.24. The molecular weight excluding hydrogens is 260 g/mol. The first-order chi connectivity index (χ1) is 10.3. The predicted octanol–water partition coefficient (Wildman–Crippen LogP) is 2.86. The van der Waals surface area contributed by atoms with Crippen LogP contribution in [0, 0.1) is 11.8 Å². The highest BCUT2D eigenvalue weighted by Crippen LogP contribution is 2.35. The van der Waals surface area contributed by atoms with Gasteiger partial charge in [0.1, 0.15) is 5.75 Å². The minimum Gasteiger partial charge on any atom is -0.493 e. The Morgan fingerprint density at radius 3 is 2.90 bits per heavy atom. The van der Waals surface area contributed by atoms with Gasteiger partial charge in [-0.3, -0.25) is 0 Å². The number of ether oxygens (including phenoxy) is 1. The largest absolute Gasteiger partial charge is 0.493 e. The molecule has 1 saturated heterocycles. The summed E-state index contributed by atoms with van der Waals surface area (Å²) in [6, 6.07) is 8.55. The SMILES string of the molecule is CCC1CN(CC2CCOc3ccccc32)CCC1CN. The van der Waals surface area contributed by atoms with E-state index in [1.165, 1.54) is 38.0 Å². The average Bonchev–Trinajstić information content (AvgIpc) is 2.55. The molecule has 3 heteroatoms. The lowest BCUT2D eigenvalue weighted by Crippen LogP contribution is -2.44. The van der Waals surface area contributed by atoms with Crippen LogP contribution in [0.1, 0.15) is 37.7 Å². The van der Waals surface area contributed by atoms with Crippen LogP contribution in [0.3, 0.4) is 0 Å². The van der Waals surface area contributed by atoms with Gasteiger partial charge in [-0.25, -0.2) is 0 Å². The number of nitrogens with zero attached hydrogens (tertiary/aromatic N) is 1. The van der Waals surface area contributed by atoms with Gasteiger partial charge in [-0.1, -0.05) is 31.5 Å². The van der Waals surface area contributed by atoms with E-state index in [9.17, 15) is 0 Å². The maximum atomic E-state index is 5.93. The fourth-order valence-corrected chi connectivity index (χ4v) is 4.01. The quantitative estimate of drug-likeness (QED) is 0.926. The van der Waals surface area contributed by atoms with Crippen LogP contribution < -0.4 is 10.5 Å². The van der Waals surface area contributed by atoms with E-state index in [0.717, 1.165) is 37.2 Å². The van der Waals surface area contributed by atoms with E-state index in [1.54, 1.807) is 0 Å². The standard InChI is InChI=1S/C18H28N2O/c1-2-14-12-20(9-7-15(14)11-19)13-16-8-10-21-18-6-4-3-5-17(16)18/h3-6,14-16H,2,7-13,19H2,1H3. The molecule has 3 unspecified atom stereocenters. The maximum absolute atomic E-state index is 5.93. The summed E-state index contributed by atoms with van der Waals surface area (Å²) in [4.78, 5) is 2.66. The molecule has 0 amide bonds. The summed E-state index contributed by atoms with van der Waals surface area (Å²) in [5.41, 5.74) is 7.33. The van der Waals surface area contributed by atoms with E-state index in [2.05, 4.69) is 36.1 Å². The van der Waals surface area contributed by atoms with E-state index in [4.69, 9.17) is 10.5 Å². The first-order valence-electron chi connectivity index (χ1n) is 8.46. The fraction of sp³-hybridized carbons (Fsp3) is 0.667. The molecule has 3 atom stereocenters. The summed E-state index contributed by atoms with van der Waals surface area (Å²) < 4.78 is 5.78. The molecule has 3 rings (SSSR count). The fourth-order valence-electron chi connectivity index (χ4n) is 4.01. The molecule has 3 nitrogen and oxygen atoms in total. The first-order valence-corrected chi connectivity index (χ1v) is 8.46. The van der Waals surface area contributed by atoms with Gasteiger partial charge in [0.2, 0.25) is 0 Å². The number of rotatable bonds is 4. The maximum Gasteiger partial charge on any atom is 0.122 e. The highest BCUT2D eigenvalue weighted by Gasteiger charge is 2.30. The van der Waals surface area contributed by atoms with Gasteiger partial charge in [0.05, 0.1) is 6.61 Å². The molecule has 2 aliphatic rings. The van der Waals surface area contributed by atoms with Crippen molar-refractivity contribution >= 4 is 0 Å². The molecule has 21 heavy (non-hydrogen) atoms. The molecule has 0 aromatic heterocycles. The molecule has 1 fully saturated rings. The van der Waals surface area contributed by atoms with Crippen LogP contribution in [0.15, 0.2) is 24.3 Å². The van der Waals surface area contributed by atoms with Crippen molar-refractivity contribution in [1.29, 1.82) is 0 Å². The topological polar surface area (TPSA) is 38.5 Å². The van der Waals surface area contributed by atoms with Crippen molar-refractivity contribution in [2.45, 2.75) is 32.1 Å². The number of fused-ring (bicyclic) bond motifs is 1. The Morgan fingerprint density at radius 1 is 1.24 bits per heavy atom. The summed E-state index contributed by atoms with van der Waals surface area (Å²) in [5.74, 6) is 3.23. The van der Waals surface area contributed by atoms with Crippen LogP contribution >= 0.6 is 0 Å². The molecule has 2 aliphatic heterocycles. The van der Waals surface area contributed by atoms with Crippen LogP contribution in [-0.4, -0.2) is 37.7 Å². The molecule has 2 N–H and O–H groups in total. The van der Waals surface area contributed by atoms with Gasteiger partial charge in [-0.2, -0.15) is 0 Å². The van der Waals surface area contributed by atoms with Gasteiger partial charge in [0, 0.05) is 19.0 Å². The second-order valence-electron chi connectivity index (χ2n) is 6.58. The Bertz CT molecular complexity index is 462. The van der Waals surface area contributed by atoms with Crippen LogP contribution in [0.25, 0.3) is 0 Å². The van der Waals surface area contributed by atoms with E-state index in [0.29, 0.717) is 5.92 Å². The number of hydrogen-bond donors (Lipinski definition) is 1. The molecule has 0 bridgehead atoms. The Kier molecular flexibility index (Phi) is 4.81. The van der Waals surface area contributed by atoms with Crippen LogP contribution in [-0.2, 0) is 0 Å². The summed E-state index contributed by atoms with van der Waals surface area (Å²) in [7, 11) is 0. The van der Waals surface area contributed by atoms with Crippen molar-refractivity contribution in [3.8, 4) is 5.75 Å². The van der Waals surface area contributed by atoms with Crippen LogP contribution in [0.4, 0.5) is 0 Å². The monoisotopic (exact) mass is 288 g/mol. The predicted molar refractivity (Wildman–Crippen MR) is 86.7 cm³/mol. The van der Waals surface area contributed by atoms with Gasteiger partial charge in [-0.15, -0.1) is 0 Å². The van der Waals surface area contributed by atoms with Crippen molar-refractivity contribution in [3.63, 3.8) is 0 Å². The molecule has 0 spiro atoms. The highest BCUT2D eigenvalue weighted by molar-refractivity contribution is 5.37. The first kappa shape index (κ1) is 14.9. The van der Waals surface area contributed by atoms with Crippen molar-refractivity contribution in [2.24, 2.45) is 17.6 Å². The average molecular weight is 288 g/mol. The third-order valence-electron chi connectivity index (χ3n) is 5.36. The molecule has 0 saturated carbocycles. The minimum absolute atomic E-state index is 0.627. The summed E-state index contributed by atoms with van der Waals surface area (Å²) >= 11 is 0. The lowest BCUT2D eigenvalue weighted by molar-refractivity contribution is 0.107. The Hall–Kier alpha value is -1.06. The van der Waals surface area contributed by atoms with E-state index in [1.807, 2.05) is 0 Å². The normalized spacial score (nSPS) is 29.7. The number of nitrogens with two attached hydrogens (primary N) is 1. The number of piperidine rings is 1. The van der Waals surface area contributed by atoms with E-state index in [-0.39, 0.29) is 0 Å². The van der Waals surface area contributed by atoms with Crippen molar-refractivity contribution in [2.75, 3.05) is 32.8 Å². The summed E-state index contributed by atoms with van der Waals surface area (Å²) in [6.07, 6.45) is 3.66. The summed E-state index contributed by atoms with van der Waals surface area (Å²) in [5, 5.41) is 0. The van der Waals surface area contributed by atoms with Gasteiger partial charge in [0.25, 0.3) is 0 Å². The molecule has 0 aliphatic carbocycles. The van der Waals surface area contributed by atoms with Crippen LogP contribution in [0.5, 0.6) is 5.75 Å². The second-order valence-corrected chi connectivity index (χ2v) is 6.58.